The molecule has 1 atom stereocenters. The van der Waals surface area contributed by atoms with Gasteiger partial charge in [0.05, 0.1) is 5.75 Å². The minimum absolute atomic E-state index is 0.118. The molecular formula is C16H17NO3S. The first-order chi connectivity index (χ1) is 10.0. The fourth-order valence-corrected chi connectivity index (χ4v) is 3.76. The zero-order chi connectivity index (χ0) is 15.3. The van der Waals surface area contributed by atoms with Gasteiger partial charge in [0, 0.05) is 0 Å². The van der Waals surface area contributed by atoms with Crippen molar-refractivity contribution in [2.45, 2.75) is 18.1 Å². The normalized spacial score (nSPS) is 12.6. The Morgan fingerprint density at radius 2 is 1.67 bits per heavy atom. The van der Waals surface area contributed by atoms with Crippen LogP contribution in [0.2, 0.25) is 0 Å². The van der Waals surface area contributed by atoms with Crippen molar-refractivity contribution in [1.29, 1.82) is 0 Å². The molecule has 0 aliphatic rings. The van der Waals surface area contributed by atoms with Gasteiger partial charge in [-0.3, -0.25) is 4.79 Å². The van der Waals surface area contributed by atoms with Gasteiger partial charge < -0.3 is 5.32 Å². The maximum absolute atomic E-state index is 12.6. The lowest BCUT2D eigenvalue weighted by molar-refractivity contribution is -0.109. The number of hydrogen-bond acceptors (Lipinski definition) is 3. The predicted molar refractivity (Wildman–Crippen MR) is 82.2 cm³/mol. The third kappa shape index (κ3) is 3.92. The zero-order valence-electron chi connectivity index (χ0n) is 11.7. The van der Waals surface area contributed by atoms with Gasteiger partial charge in [0.25, 0.3) is 0 Å². The molecule has 0 spiro atoms. The second kappa shape index (κ2) is 6.54. The Kier molecular flexibility index (Phi) is 4.75. The van der Waals surface area contributed by atoms with E-state index in [-0.39, 0.29) is 5.75 Å². The number of hydrogen-bond donors (Lipinski definition) is 1. The first kappa shape index (κ1) is 15.3. The lowest BCUT2D eigenvalue weighted by atomic mass is 10.1. The third-order valence-electron chi connectivity index (χ3n) is 3.17. The number of aryl methyl sites for hydroxylation is 1. The minimum atomic E-state index is -3.55. The summed E-state index contributed by atoms with van der Waals surface area (Å²) in [5, 5.41) is 1.38. The Labute approximate surface area is 124 Å². The van der Waals surface area contributed by atoms with Crippen molar-refractivity contribution in [2.24, 2.45) is 0 Å². The molecule has 0 aliphatic heterocycles. The van der Waals surface area contributed by atoms with E-state index < -0.39 is 15.2 Å². The van der Waals surface area contributed by atoms with E-state index >= 15 is 0 Å². The second-order valence-corrected chi connectivity index (χ2v) is 6.95. The molecule has 2 rings (SSSR count). The van der Waals surface area contributed by atoms with E-state index in [4.69, 9.17) is 0 Å². The monoisotopic (exact) mass is 303 g/mol. The molecular weight excluding hydrogens is 286 g/mol. The highest BCUT2D eigenvalue weighted by Crippen LogP contribution is 2.23. The van der Waals surface area contributed by atoms with Crippen LogP contribution in [0, 0.1) is 6.92 Å². The third-order valence-corrected chi connectivity index (χ3v) is 5.03. The van der Waals surface area contributed by atoms with E-state index in [1.807, 2.05) is 25.1 Å². The Hall–Kier alpha value is -2.14. The molecule has 21 heavy (non-hydrogen) atoms. The Morgan fingerprint density at radius 1 is 1.05 bits per heavy atom. The largest absolute Gasteiger partial charge is 0.339 e. The molecule has 1 N–H and O–H groups in total. The fourth-order valence-electron chi connectivity index (χ4n) is 2.10. The molecule has 0 fully saturated rings. The molecule has 110 valence electrons. The molecule has 0 radical (unpaired) electrons. The van der Waals surface area contributed by atoms with Crippen molar-refractivity contribution in [3.8, 4) is 0 Å². The van der Waals surface area contributed by atoms with Crippen LogP contribution in [0.5, 0.6) is 0 Å². The molecule has 0 bridgehead atoms. The molecule has 0 saturated heterocycles. The molecule has 0 aromatic heterocycles. The number of rotatable bonds is 6. The molecule has 1 amide bonds. The Balaban J connectivity index is 2.32. The Morgan fingerprint density at radius 3 is 2.24 bits per heavy atom. The number of nitrogens with one attached hydrogen (secondary N) is 1. The van der Waals surface area contributed by atoms with Crippen LogP contribution in [0.15, 0.2) is 54.6 Å². The number of carbonyl (C=O) groups excluding carboxylic acids is 1. The molecule has 2 aromatic carbocycles. The summed E-state index contributed by atoms with van der Waals surface area (Å²) in [6, 6.07) is 16.0. The van der Waals surface area contributed by atoms with Crippen LogP contribution in [0.1, 0.15) is 22.1 Å². The van der Waals surface area contributed by atoms with Crippen LogP contribution in [0.4, 0.5) is 0 Å². The molecule has 2 aromatic rings. The SMILES string of the molecule is Cc1ccc(C(NC=O)S(=O)(=O)Cc2ccccc2)cc1. The van der Waals surface area contributed by atoms with Gasteiger partial charge >= 0.3 is 0 Å². The highest BCUT2D eigenvalue weighted by Gasteiger charge is 2.26. The average molecular weight is 303 g/mol. The van der Waals surface area contributed by atoms with Gasteiger partial charge in [-0.2, -0.15) is 0 Å². The van der Waals surface area contributed by atoms with Crippen LogP contribution in [-0.4, -0.2) is 14.8 Å². The van der Waals surface area contributed by atoms with Crippen molar-refractivity contribution in [1.82, 2.24) is 5.32 Å². The highest BCUT2D eigenvalue weighted by atomic mass is 32.2. The van der Waals surface area contributed by atoms with E-state index in [1.165, 1.54) is 0 Å². The number of sulfone groups is 1. The van der Waals surface area contributed by atoms with E-state index in [0.717, 1.165) is 5.56 Å². The van der Waals surface area contributed by atoms with Crippen LogP contribution in [-0.2, 0) is 20.4 Å². The maximum Gasteiger partial charge on any atom is 0.208 e. The van der Waals surface area contributed by atoms with E-state index in [2.05, 4.69) is 5.32 Å². The molecule has 1 unspecified atom stereocenters. The quantitative estimate of drug-likeness (QED) is 0.833. The van der Waals surface area contributed by atoms with Crippen molar-refractivity contribution in [3.63, 3.8) is 0 Å². The van der Waals surface area contributed by atoms with Gasteiger partial charge in [-0.05, 0) is 18.1 Å². The molecule has 0 heterocycles. The van der Waals surface area contributed by atoms with Gasteiger partial charge in [-0.1, -0.05) is 60.2 Å². The second-order valence-electron chi connectivity index (χ2n) is 4.87. The van der Waals surface area contributed by atoms with Crippen molar-refractivity contribution in [3.05, 3.63) is 71.3 Å². The zero-order valence-corrected chi connectivity index (χ0v) is 12.5. The average Bonchev–Trinajstić information content (AvgIpc) is 2.46. The van der Waals surface area contributed by atoms with Crippen LogP contribution in [0.25, 0.3) is 0 Å². The summed E-state index contributed by atoms with van der Waals surface area (Å²) >= 11 is 0. The topological polar surface area (TPSA) is 63.2 Å². The van der Waals surface area contributed by atoms with Gasteiger partial charge in [0.15, 0.2) is 15.2 Å². The number of benzene rings is 2. The molecule has 0 aliphatic carbocycles. The van der Waals surface area contributed by atoms with Gasteiger partial charge in [0.2, 0.25) is 6.41 Å². The van der Waals surface area contributed by atoms with Gasteiger partial charge in [0.1, 0.15) is 0 Å². The standard InChI is InChI=1S/C16H17NO3S/c1-13-7-9-15(10-8-13)16(17-12-18)21(19,20)11-14-5-3-2-4-6-14/h2-10,12,16H,11H2,1H3,(H,17,18). The summed E-state index contributed by atoms with van der Waals surface area (Å²) in [4.78, 5) is 10.8. The smallest absolute Gasteiger partial charge is 0.208 e. The predicted octanol–water partition coefficient (Wildman–Crippen LogP) is 2.35. The summed E-state index contributed by atoms with van der Waals surface area (Å²) in [5.74, 6) is -0.118. The first-order valence-corrected chi connectivity index (χ1v) is 8.26. The minimum Gasteiger partial charge on any atom is -0.339 e. The van der Waals surface area contributed by atoms with E-state index in [9.17, 15) is 13.2 Å². The molecule has 5 heteroatoms. The van der Waals surface area contributed by atoms with Gasteiger partial charge in [-0.25, -0.2) is 8.42 Å². The first-order valence-electron chi connectivity index (χ1n) is 6.55. The summed E-state index contributed by atoms with van der Waals surface area (Å²) in [6.45, 7) is 1.92. The summed E-state index contributed by atoms with van der Waals surface area (Å²) in [7, 11) is -3.55. The number of amides is 1. The summed E-state index contributed by atoms with van der Waals surface area (Å²) in [5.41, 5.74) is 2.29. The highest BCUT2D eigenvalue weighted by molar-refractivity contribution is 7.90. The van der Waals surface area contributed by atoms with Crippen LogP contribution >= 0.6 is 0 Å². The van der Waals surface area contributed by atoms with Crippen LogP contribution in [0.3, 0.4) is 0 Å². The van der Waals surface area contributed by atoms with E-state index in [0.29, 0.717) is 17.5 Å². The van der Waals surface area contributed by atoms with Crippen molar-refractivity contribution < 1.29 is 13.2 Å². The molecule has 0 saturated carbocycles. The van der Waals surface area contributed by atoms with Crippen LogP contribution < -0.4 is 5.32 Å². The molecule has 4 nitrogen and oxygen atoms in total. The fraction of sp³-hybridized carbons (Fsp3) is 0.188. The van der Waals surface area contributed by atoms with Crippen molar-refractivity contribution >= 4 is 16.2 Å². The number of carbonyl (C=O) groups is 1. The van der Waals surface area contributed by atoms with Crippen molar-refractivity contribution in [2.75, 3.05) is 0 Å². The Bertz CT molecular complexity index is 694. The van der Waals surface area contributed by atoms with E-state index in [1.54, 1.807) is 36.4 Å². The lowest BCUT2D eigenvalue weighted by Crippen LogP contribution is -2.28. The summed E-state index contributed by atoms with van der Waals surface area (Å²) < 4.78 is 25.1. The summed E-state index contributed by atoms with van der Waals surface area (Å²) in [6.07, 6.45) is 0.424. The van der Waals surface area contributed by atoms with Gasteiger partial charge in [-0.15, -0.1) is 0 Å². The lowest BCUT2D eigenvalue weighted by Gasteiger charge is -2.17. The maximum atomic E-state index is 12.6.